The largest absolute Gasteiger partial charge is 0.469 e. The molecule has 0 atom stereocenters. The summed E-state index contributed by atoms with van der Waals surface area (Å²) in [7, 11) is 1.43. The summed E-state index contributed by atoms with van der Waals surface area (Å²) in [5.74, 6) is 0.721. The minimum absolute atomic E-state index is 0. The molecular weight excluding hydrogens is 445 g/mol. The van der Waals surface area contributed by atoms with Gasteiger partial charge in [-0.25, -0.2) is 0 Å². The lowest BCUT2D eigenvalue weighted by atomic mass is 9.79. The summed E-state index contributed by atoms with van der Waals surface area (Å²) in [5, 5.41) is 16.0. The Hall–Kier alpha value is -0.570. The molecule has 0 saturated carbocycles. The van der Waals surface area contributed by atoms with Gasteiger partial charge in [-0.15, -0.1) is 24.0 Å². The number of guanidine groups is 1. The number of unbranched alkanes of at least 4 members (excludes halogenated alkanes) is 3. The third kappa shape index (κ3) is 12.7. The smallest absolute Gasteiger partial charge is 0.305 e. The fraction of sp³-hybridized carbons (Fsp3) is 0.895. The van der Waals surface area contributed by atoms with Gasteiger partial charge in [0.05, 0.1) is 7.11 Å². The summed E-state index contributed by atoms with van der Waals surface area (Å²) in [6.07, 6.45) is 7.41. The van der Waals surface area contributed by atoms with Gasteiger partial charge in [0.15, 0.2) is 5.96 Å². The van der Waals surface area contributed by atoms with Crippen LogP contribution in [0.15, 0.2) is 4.99 Å². The Morgan fingerprint density at radius 3 is 2.27 bits per heavy atom. The van der Waals surface area contributed by atoms with Gasteiger partial charge in [-0.3, -0.25) is 9.79 Å². The molecule has 0 aromatic carbocycles. The molecule has 0 aromatic heterocycles. The number of aliphatic imine (C=N–C) groups is 1. The molecule has 0 amide bonds. The molecule has 0 heterocycles. The molecule has 6 nitrogen and oxygen atoms in total. The molecule has 0 unspecified atom stereocenters. The number of hydrogen-bond donors (Lipinski definition) is 3. The molecule has 0 rings (SSSR count). The van der Waals surface area contributed by atoms with Crippen LogP contribution in [0.3, 0.4) is 0 Å². The van der Waals surface area contributed by atoms with Crippen LogP contribution in [0.5, 0.6) is 0 Å². The Balaban J connectivity index is 0. The van der Waals surface area contributed by atoms with Crippen molar-refractivity contribution in [1.29, 1.82) is 0 Å². The highest BCUT2D eigenvalue weighted by molar-refractivity contribution is 14.0. The van der Waals surface area contributed by atoms with Crippen LogP contribution in [0.4, 0.5) is 0 Å². The summed E-state index contributed by atoms with van der Waals surface area (Å²) in [4.78, 5) is 15.8. The van der Waals surface area contributed by atoms with Crippen molar-refractivity contribution in [3.8, 4) is 0 Å². The first kappa shape index (κ1) is 27.6. The highest BCUT2D eigenvalue weighted by atomic mass is 127. The Labute approximate surface area is 177 Å². The predicted molar refractivity (Wildman–Crippen MR) is 119 cm³/mol. The zero-order valence-corrected chi connectivity index (χ0v) is 19.4. The second kappa shape index (κ2) is 17.8. The fourth-order valence-electron chi connectivity index (χ4n) is 2.79. The van der Waals surface area contributed by atoms with Crippen molar-refractivity contribution in [2.24, 2.45) is 10.4 Å². The van der Waals surface area contributed by atoms with Crippen molar-refractivity contribution in [2.45, 2.75) is 72.1 Å². The van der Waals surface area contributed by atoms with Crippen LogP contribution in [-0.4, -0.2) is 50.4 Å². The van der Waals surface area contributed by atoms with E-state index in [1.807, 2.05) is 0 Å². The van der Waals surface area contributed by atoms with Crippen LogP contribution in [0.25, 0.3) is 0 Å². The number of aliphatic hydroxyl groups excluding tert-OH is 1. The van der Waals surface area contributed by atoms with Crippen molar-refractivity contribution in [1.82, 2.24) is 10.6 Å². The van der Waals surface area contributed by atoms with Crippen LogP contribution in [0.1, 0.15) is 72.1 Å². The summed E-state index contributed by atoms with van der Waals surface area (Å²) < 4.78 is 4.64. The Bertz CT molecular complexity index is 375. The maximum atomic E-state index is 11.0. The molecule has 0 aliphatic heterocycles. The molecule has 7 heteroatoms. The van der Waals surface area contributed by atoms with E-state index in [4.69, 9.17) is 4.99 Å². The van der Waals surface area contributed by atoms with E-state index in [-0.39, 0.29) is 42.0 Å². The Kier molecular flexibility index (Phi) is 19.0. The molecule has 0 fully saturated rings. The third-order valence-corrected chi connectivity index (χ3v) is 4.89. The zero-order valence-electron chi connectivity index (χ0n) is 17.1. The van der Waals surface area contributed by atoms with Crippen molar-refractivity contribution in [3.63, 3.8) is 0 Å². The van der Waals surface area contributed by atoms with Gasteiger partial charge in [0.25, 0.3) is 0 Å². The molecule has 26 heavy (non-hydrogen) atoms. The number of ether oxygens (including phenoxy) is 1. The maximum absolute atomic E-state index is 11.0. The number of rotatable bonds is 14. The van der Waals surface area contributed by atoms with E-state index in [0.29, 0.717) is 6.42 Å². The lowest BCUT2D eigenvalue weighted by Crippen LogP contribution is -2.39. The lowest BCUT2D eigenvalue weighted by molar-refractivity contribution is -0.140. The van der Waals surface area contributed by atoms with E-state index in [2.05, 4.69) is 36.1 Å². The van der Waals surface area contributed by atoms with Crippen LogP contribution in [-0.2, 0) is 9.53 Å². The normalized spacial score (nSPS) is 11.7. The molecule has 0 aromatic rings. The van der Waals surface area contributed by atoms with Crippen LogP contribution >= 0.6 is 24.0 Å². The number of halogens is 1. The van der Waals surface area contributed by atoms with Crippen molar-refractivity contribution in [2.75, 3.05) is 33.4 Å². The molecular formula is C19H40IN3O3. The minimum atomic E-state index is -0.127. The molecule has 0 aliphatic carbocycles. The van der Waals surface area contributed by atoms with Crippen molar-refractivity contribution in [3.05, 3.63) is 0 Å². The van der Waals surface area contributed by atoms with Gasteiger partial charge in [-0.2, -0.15) is 0 Å². The van der Waals surface area contributed by atoms with E-state index in [0.717, 1.165) is 70.5 Å². The summed E-state index contributed by atoms with van der Waals surface area (Å²) in [6, 6.07) is 0. The number of methoxy groups -OCH3 is 1. The quantitative estimate of drug-likeness (QED) is 0.115. The van der Waals surface area contributed by atoms with E-state index in [9.17, 15) is 9.90 Å². The SMILES string of the molecule is CCNC(=NCC(CC)(CC)CCO)NCCCCCCC(=O)OC.I. The van der Waals surface area contributed by atoms with Gasteiger partial charge >= 0.3 is 5.97 Å². The van der Waals surface area contributed by atoms with Gasteiger partial charge < -0.3 is 20.5 Å². The second-order valence-electron chi connectivity index (χ2n) is 6.54. The van der Waals surface area contributed by atoms with Gasteiger partial charge in [-0.1, -0.05) is 26.7 Å². The highest BCUT2D eigenvalue weighted by Crippen LogP contribution is 2.30. The summed E-state index contributed by atoms with van der Waals surface area (Å²) >= 11 is 0. The monoisotopic (exact) mass is 485 g/mol. The molecule has 156 valence electrons. The predicted octanol–water partition coefficient (Wildman–Crippen LogP) is 3.47. The number of aliphatic hydroxyl groups is 1. The Morgan fingerprint density at radius 1 is 1.08 bits per heavy atom. The van der Waals surface area contributed by atoms with E-state index >= 15 is 0 Å². The van der Waals surface area contributed by atoms with E-state index in [1.54, 1.807) is 0 Å². The number of carbonyl (C=O) groups excluding carboxylic acids is 1. The van der Waals surface area contributed by atoms with Crippen molar-refractivity contribution < 1.29 is 14.6 Å². The van der Waals surface area contributed by atoms with E-state index in [1.165, 1.54) is 7.11 Å². The van der Waals surface area contributed by atoms with Gasteiger partial charge in [0, 0.05) is 32.7 Å². The second-order valence-corrected chi connectivity index (χ2v) is 6.54. The fourth-order valence-corrected chi connectivity index (χ4v) is 2.79. The van der Waals surface area contributed by atoms with Gasteiger partial charge in [0.1, 0.15) is 0 Å². The van der Waals surface area contributed by atoms with Crippen molar-refractivity contribution >= 4 is 35.9 Å². The molecule has 0 saturated heterocycles. The topological polar surface area (TPSA) is 83.0 Å². The lowest BCUT2D eigenvalue weighted by Gasteiger charge is -2.29. The highest BCUT2D eigenvalue weighted by Gasteiger charge is 2.25. The first-order valence-electron chi connectivity index (χ1n) is 9.77. The van der Waals surface area contributed by atoms with Crippen LogP contribution in [0, 0.1) is 5.41 Å². The standard InChI is InChI=1S/C19H39N3O3.HI/c1-5-19(6-2,13-15-23)16-22-18(20-7-3)21-14-11-9-8-10-12-17(24)25-4;/h23H,5-16H2,1-4H3,(H2,20,21,22);1H. The minimum Gasteiger partial charge on any atom is -0.469 e. The first-order valence-corrected chi connectivity index (χ1v) is 9.77. The molecule has 0 spiro atoms. The van der Waals surface area contributed by atoms with E-state index < -0.39 is 0 Å². The molecule has 3 N–H and O–H groups in total. The number of esters is 1. The number of nitrogens with zero attached hydrogens (tertiary/aromatic N) is 1. The summed E-state index contributed by atoms with van der Waals surface area (Å²) in [5.41, 5.74) is 0.0883. The maximum Gasteiger partial charge on any atom is 0.305 e. The number of carbonyl (C=O) groups is 1. The summed E-state index contributed by atoms with van der Waals surface area (Å²) in [6.45, 7) is 9.05. The van der Waals surface area contributed by atoms with Gasteiger partial charge in [-0.05, 0) is 44.4 Å². The number of hydrogen-bond acceptors (Lipinski definition) is 4. The zero-order chi connectivity index (χ0) is 19.0. The molecule has 0 radical (unpaired) electrons. The third-order valence-electron chi connectivity index (χ3n) is 4.89. The first-order chi connectivity index (χ1) is 12.1. The number of nitrogens with one attached hydrogen (secondary N) is 2. The molecule has 0 bridgehead atoms. The average Bonchev–Trinajstić information content (AvgIpc) is 2.63. The Morgan fingerprint density at radius 2 is 1.73 bits per heavy atom. The average molecular weight is 485 g/mol. The van der Waals surface area contributed by atoms with Gasteiger partial charge in [0.2, 0.25) is 0 Å². The van der Waals surface area contributed by atoms with Crippen LogP contribution < -0.4 is 10.6 Å². The molecule has 0 aliphatic rings. The van der Waals surface area contributed by atoms with Crippen LogP contribution in [0.2, 0.25) is 0 Å².